The van der Waals surface area contributed by atoms with Gasteiger partial charge in [0.2, 0.25) is 5.91 Å². The molecule has 1 N–H and O–H groups in total. The number of benzene rings is 1. The number of hydrogen-bond donors (Lipinski definition) is 1. The van der Waals surface area contributed by atoms with Crippen molar-refractivity contribution < 1.29 is 18.7 Å². The summed E-state index contributed by atoms with van der Waals surface area (Å²) in [5.41, 5.74) is -0.508. The van der Waals surface area contributed by atoms with Crippen LogP contribution in [0.5, 0.6) is 5.75 Å². The average molecular weight is 294 g/mol. The van der Waals surface area contributed by atoms with Gasteiger partial charge in [0.25, 0.3) is 5.91 Å². The van der Waals surface area contributed by atoms with E-state index in [0.29, 0.717) is 12.1 Å². The Hall–Kier alpha value is -2.11. The first kappa shape index (κ1) is 15.3. The molecule has 0 aliphatic carbocycles. The van der Waals surface area contributed by atoms with Gasteiger partial charge in [-0.25, -0.2) is 4.39 Å². The highest BCUT2D eigenvalue weighted by Crippen LogP contribution is 2.30. The number of halogens is 1. The molecule has 2 amide bonds. The van der Waals surface area contributed by atoms with E-state index in [0.717, 1.165) is 0 Å². The minimum atomic E-state index is -0.953. The first-order valence-corrected chi connectivity index (χ1v) is 6.83. The number of amides is 2. The largest absolute Gasteiger partial charge is 0.494 e. The molecule has 21 heavy (non-hydrogen) atoms. The van der Waals surface area contributed by atoms with Gasteiger partial charge in [-0.3, -0.25) is 14.5 Å². The first-order chi connectivity index (χ1) is 9.84. The summed E-state index contributed by atoms with van der Waals surface area (Å²) in [5, 5.41) is 2.75. The summed E-state index contributed by atoms with van der Waals surface area (Å²) in [4.78, 5) is 26.2. The van der Waals surface area contributed by atoms with Gasteiger partial charge >= 0.3 is 0 Å². The van der Waals surface area contributed by atoms with Crippen molar-refractivity contribution in [1.29, 1.82) is 0 Å². The molecular weight excluding hydrogens is 275 g/mol. The van der Waals surface area contributed by atoms with Crippen LogP contribution in [0.3, 0.4) is 0 Å². The molecule has 114 valence electrons. The van der Waals surface area contributed by atoms with Crippen LogP contribution >= 0.6 is 0 Å². The molecule has 1 aliphatic rings. The molecule has 1 aromatic rings. The SMILES string of the molecule is CCC1(C)NC(=O)C(C)N(c2ccc(F)c(OC)c2)C1=O. The fourth-order valence-electron chi connectivity index (χ4n) is 2.37. The lowest BCUT2D eigenvalue weighted by Gasteiger charge is -2.43. The average Bonchev–Trinajstić information content (AvgIpc) is 2.47. The number of anilines is 1. The molecule has 1 aliphatic heterocycles. The Bertz CT molecular complexity index is 590. The normalized spacial score (nSPS) is 25.8. The maximum absolute atomic E-state index is 13.5. The summed E-state index contributed by atoms with van der Waals surface area (Å²) in [6, 6.07) is 3.47. The lowest BCUT2D eigenvalue weighted by molar-refractivity contribution is -0.137. The van der Waals surface area contributed by atoms with Gasteiger partial charge in [-0.05, 0) is 32.4 Å². The number of methoxy groups -OCH3 is 1. The molecule has 1 fully saturated rings. The van der Waals surface area contributed by atoms with Gasteiger partial charge in [0.05, 0.1) is 7.11 Å². The third kappa shape index (κ3) is 2.46. The molecule has 1 saturated heterocycles. The number of rotatable bonds is 3. The molecular formula is C15H19FN2O3. The number of hydrogen-bond acceptors (Lipinski definition) is 3. The van der Waals surface area contributed by atoms with E-state index in [1.165, 1.54) is 30.2 Å². The molecule has 0 saturated carbocycles. The molecule has 2 rings (SSSR count). The lowest BCUT2D eigenvalue weighted by atomic mass is 9.91. The molecule has 2 atom stereocenters. The van der Waals surface area contributed by atoms with Gasteiger partial charge in [0.15, 0.2) is 11.6 Å². The lowest BCUT2D eigenvalue weighted by Crippen LogP contribution is -2.68. The standard InChI is InChI=1S/C15H19FN2O3/c1-5-15(3)14(20)18(9(2)13(19)17-15)10-6-7-11(16)12(8-10)21-4/h6-9H,5H2,1-4H3,(H,17,19). The van der Waals surface area contributed by atoms with E-state index < -0.39 is 17.4 Å². The van der Waals surface area contributed by atoms with Crippen molar-refractivity contribution in [2.24, 2.45) is 0 Å². The smallest absolute Gasteiger partial charge is 0.253 e. The van der Waals surface area contributed by atoms with Crippen molar-refractivity contribution in [2.45, 2.75) is 38.8 Å². The van der Waals surface area contributed by atoms with Gasteiger partial charge in [-0.15, -0.1) is 0 Å². The highest BCUT2D eigenvalue weighted by atomic mass is 19.1. The van der Waals surface area contributed by atoms with Crippen LogP contribution in [-0.2, 0) is 9.59 Å². The highest BCUT2D eigenvalue weighted by molar-refractivity contribution is 6.10. The Kier molecular flexibility index (Phi) is 3.89. The molecule has 0 radical (unpaired) electrons. The molecule has 0 spiro atoms. The van der Waals surface area contributed by atoms with Crippen molar-refractivity contribution in [3.8, 4) is 5.75 Å². The van der Waals surface area contributed by atoms with E-state index in [2.05, 4.69) is 5.32 Å². The number of nitrogens with one attached hydrogen (secondary N) is 1. The number of piperazine rings is 1. The van der Waals surface area contributed by atoms with Crippen LogP contribution in [0.1, 0.15) is 27.2 Å². The Labute approximate surface area is 123 Å². The van der Waals surface area contributed by atoms with E-state index in [-0.39, 0.29) is 17.6 Å². The van der Waals surface area contributed by atoms with Gasteiger partial charge in [0, 0.05) is 11.8 Å². The van der Waals surface area contributed by atoms with Gasteiger partial charge < -0.3 is 10.1 Å². The third-order valence-electron chi connectivity index (χ3n) is 3.98. The maximum Gasteiger partial charge on any atom is 0.253 e. The third-order valence-corrected chi connectivity index (χ3v) is 3.98. The van der Waals surface area contributed by atoms with E-state index >= 15 is 0 Å². The summed E-state index contributed by atoms with van der Waals surface area (Å²) >= 11 is 0. The summed E-state index contributed by atoms with van der Waals surface area (Å²) in [5.74, 6) is -0.925. The van der Waals surface area contributed by atoms with Crippen LogP contribution in [0.2, 0.25) is 0 Å². The van der Waals surface area contributed by atoms with Crippen LogP contribution in [0.4, 0.5) is 10.1 Å². The molecule has 0 bridgehead atoms. The summed E-state index contributed by atoms with van der Waals surface area (Å²) in [6.07, 6.45) is 0.471. The molecule has 5 nitrogen and oxygen atoms in total. The van der Waals surface area contributed by atoms with Crippen molar-refractivity contribution in [1.82, 2.24) is 5.32 Å². The second-order valence-corrected chi connectivity index (χ2v) is 5.34. The fourth-order valence-corrected chi connectivity index (χ4v) is 2.37. The zero-order valence-electron chi connectivity index (χ0n) is 12.6. The minimum Gasteiger partial charge on any atom is -0.494 e. The highest BCUT2D eigenvalue weighted by Gasteiger charge is 2.46. The first-order valence-electron chi connectivity index (χ1n) is 6.83. The zero-order chi connectivity index (χ0) is 15.8. The zero-order valence-corrected chi connectivity index (χ0v) is 12.6. The quantitative estimate of drug-likeness (QED) is 0.925. The molecule has 1 aromatic carbocycles. The van der Waals surface area contributed by atoms with Crippen molar-refractivity contribution in [3.05, 3.63) is 24.0 Å². The number of carbonyl (C=O) groups excluding carboxylic acids is 2. The van der Waals surface area contributed by atoms with E-state index in [4.69, 9.17) is 4.74 Å². The van der Waals surface area contributed by atoms with Crippen LogP contribution < -0.4 is 15.0 Å². The molecule has 2 unspecified atom stereocenters. The second-order valence-electron chi connectivity index (χ2n) is 5.34. The van der Waals surface area contributed by atoms with Crippen molar-refractivity contribution >= 4 is 17.5 Å². The predicted octanol–water partition coefficient (Wildman–Crippen LogP) is 1.85. The fraction of sp³-hybridized carbons (Fsp3) is 0.467. The van der Waals surface area contributed by atoms with Crippen LogP contribution in [0.15, 0.2) is 18.2 Å². The Morgan fingerprint density at radius 3 is 2.67 bits per heavy atom. The minimum absolute atomic E-state index is 0.0386. The van der Waals surface area contributed by atoms with Crippen molar-refractivity contribution in [3.63, 3.8) is 0 Å². The van der Waals surface area contributed by atoms with Crippen molar-refractivity contribution in [2.75, 3.05) is 12.0 Å². The van der Waals surface area contributed by atoms with Crippen LogP contribution in [0, 0.1) is 5.82 Å². The molecule has 1 heterocycles. The summed E-state index contributed by atoms with van der Waals surface area (Å²) in [7, 11) is 1.35. The van der Waals surface area contributed by atoms with E-state index in [9.17, 15) is 14.0 Å². The predicted molar refractivity (Wildman–Crippen MR) is 76.7 cm³/mol. The molecule has 0 aromatic heterocycles. The van der Waals surface area contributed by atoms with Gasteiger partial charge in [0.1, 0.15) is 11.6 Å². The molecule has 6 heteroatoms. The maximum atomic E-state index is 13.5. The van der Waals surface area contributed by atoms with E-state index in [1.54, 1.807) is 13.8 Å². The van der Waals surface area contributed by atoms with Crippen LogP contribution in [0.25, 0.3) is 0 Å². The number of ether oxygens (including phenoxy) is 1. The topological polar surface area (TPSA) is 58.6 Å². The monoisotopic (exact) mass is 294 g/mol. The Morgan fingerprint density at radius 1 is 1.43 bits per heavy atom. The number of nitrogens with zero attached hydrogens (tertiary/aromatic N) is 1. The van der Waals surface area contributed by atoms with Crippen LogP contribution in [-0.4, -0.2) is 30.5 Å². The second kappa shape index (κ2) is 5.35. The summed E-state index contributed by atoms with van der Waals surface area (Å²) in [6.45, 7) is 5.16. The van der Waals surface area contributed by atoms with Gasteiger partial charge in [-0.1, -0.05) is 6.92 Å². The summed E-state index contributed by atoms with van der Waals surface area (Å²) < 4.78 is 18.5. The number of carbonyl (C=O) groups is 2. The Balaban J connectivity index is 2.49. The van der Waals surface area contributed by atoms with Gasteiger partial charge in [-0.2, -0.15) is 0 Å². The van der Waals surface area contributed by atoms with E-state index in [1.807, 2.05) is 6.92 Å². The Morgan fingerprint density at radius 2 is 2.10 bits per heavy atom.